The van der Waals surface area contributed by atoms with Crippen LogP contribution in [0.5, 0.6) is 0 Å². The fourth-order valence-corrected chi connectivity index (χ4v) is 5.60. The predicted molar refractivity (Wildman–Crippen MR) is 99.5 cm³/mol. The first-order valence-corrected chi connectivity index (χ1v) is 9.26. The van der Waals surface area contributed by atoms with Crippen LogP contribution >= 0.6 is 0 Å². The number of rotatable bonds is 2. The standard InChI is InChI=1S/C20H22N4O3/c1-12-14(15(25)22-18(27)21-12)16-23-8-19(2)9-24(16)11-20(10-23,17(19)26)13-6-4-3-5-7-13/h3-7,16H,8-11H2,1-2H3,(H2,21,22,25,27). The lowest BCUT2D eigenvalue weighted by atomic mass is 9.58. The molecule has 0 radical (unpaired) electrons. The van der Waals surface area contributed by atoms with Gasteiger partial charge in [0.1, 0.15) is 0 Å². The van der Waals surface area contributed by atoms with Crippen LogP contribution < -0.4 is 11.2 Å². The van der Waals surface area contributed by atoms with Gasteiger partial charge in [-0.1, -0.05) is 37.3 Å². The van der Waals surface area contributed by atoms with E-state index in [1.165, 1.54) is 0 Å². The lowest BCUT2D eigenvalue weighted by Gasteiger charge is -2.65. The molecular formula is C20H22N4O3. The minimum absolute atomic E-state index is 0.219. The van der Waals surface area contributed by atoms with Crippen LogP contribution in [0.3, 0.4) is 0 Å². The van der Waals surface area contributed by atoms with Crippen molar-refractivity contribution < 1.29 is 4.79 Å². The molecule has 2 aromatic rings. The van der Waals surface area contributed by atoms with Crippen LogP contribution in [-0.2, 0) is 10.2 Å². The van der Waals surface area contributed by atoms with Gasteiger partial charge in [0, 0.05) is 31.9 Å². The molecule has 5 heterocycles. The van der Waals surface area contributed by atoms with Crippen LogP contribution in [0.25, 0.3) is 0 Å². The van der Waals surface area contributed by atoms with E-state index in [0.29, 0.717) is 43.2 Å². The van der Waals surface area contributed by atoms with Crippen LogP contribution in [0.2, 0.25) is 0 Å². The van der Waals surface area contributed by atoms with Crippen molar-refractivity contribution in [2.45, 2.75) is 25.4 Å². The van der Waals surface area contributed by atoms with Crippen molar-refractivity contribution in [3.8, 4) is 0 Å². The molecule has 2 N–H and O–H groups in total. The van der Waals surface area contributed by atoms with E-state index in [4.69, 9.17) is 0 Å². The Morgan fingerprint density at radius 1 is 0.963 bits per heavy atom. The highest BCUT2D eigenvalue weighted by Gasteiger charge is 2.64. The van der Waals surface area contributed by atoms with Crippen molar-refractivity contribution >= 4 is 5.78 Å². The number of hydrogen-bond acceptors (Lipinski definition) is 5. The van der Waals surface area contributed by atoms with Gasteiger partial charge in [-0.15, -0.1) is 0 Å². The molecule has 0 amide bonds. The summed E-state index contributed by atoms with van der Waals surface area (Å²) in [5, 5.41) is 0. The third-order valence-corrected chi connectivity index (χ3v) is 6.49. The zero-order chi connectivity index (χ0) is 19.0. The summed E-state index contributed by atoms with van der Waals surface area (Å²) in [6, 6.07) is 9.97. The summed E-state index contributed by atoms with van der Waals surface area (Å²) in [6.07, 6.45) is -0.219. The monoisotopic (exact) mass is 366 g/mol. The highest BCUT2D eigenvalue weighted by atomic mass is 16.2. The van der Waals surface area contributed by atoms with Gasteiger partial charge in [0.05, 0.1) is 22.6 Å². The van der Waals surface area contributed by atoms with Crippen LogP contribution in [0.15, 0.2) is 39.9 Å². The average Bonchev–Trinajstić information content (AvgIpc) is 2.60. The number of nitrogens with one attached hydrogen (secondary N) is 2. The number of carbonyl (C=O) groups is 1. The molecule has 0 saturated carbocycles. The van der Waals surface area contributed by atoms with E-state index in [1.54, 1.807) is 6.92 Å². The summed E-state index contributed by atoms with van der Waals surface area (Å²) in [4.78, 5) is 47.2. The Morgan fingerprint density at radius 3 is 2.19 bits per heavy atom. The Kier molecular flexibility index (Phi) is 3.25. The van der Waals surface area contributed by atoms with E-state index in [1.807, 2.05) is 37.3 Å². The summed E-state index contributed by atoms with van der Waals surface area (Å²) in [5.74, 6) is 0.305. The topological polar surface area (TPSA) is 89.3 Å². The molecule has 2 atom stereocenters. The van der Waals surface area contributed by atoms with Gasteiger partial charge in [-0.05, 0) is 12.5 Å². The molecular weight excluding hydrogens is 344 g/mol. The van der Waals surface area contributed by atoms with Crippen LogP contribution in [0, 0.1) is 12.3 Å². The molecule has 4 saturated heterocycles. The number of aromatic nitrogens is 2. The predicted octanol–water partition coefficient (Wildman–Crippen LogP) is 0.528. The molecule has 0 aliphatic carbocycles. The zero-order valence-corrected chi connectivity index (χ0v) is 15.4. The summed E-state index contributed by atoms with van der Waals surface area (Å²) in [5.41, 5.74) is 0.356. The van der Waals surface area contributed by atoms with Crippen LogP contribution in [-0.4, -0.2) is 51.7 Å². The molecule has 7 heteroatoms. The van der Waals surface area contributed by atoms with E-state index in [0.717, 1.165) is 5.56 Å². The van der Waals surface area contributed by atoms with Gasteiger partial charge < -0.3 is 4.98 Å². The normalized spacial score (nSPS) is 37.0. The molecule has 27 heavy (non-hydrogen) atoms. The van der Waals surface area contributed by atoms with Gasteiger partial charge in [0.15, 0.2) is 5.78 Å². The van der Waals surface area contributed by atoms with E-state index >= 15 is 0 Å². The van der Waals surface area contributed by atoms with Gasteiger partial charge in [0.2, 0.25) is 0 Å². The number of piperidine rings is 2. The molecule has 1 aromatic heterocycles. The lowest BCUT2D eigenvalue weighted by molar-refractivity contribution is -0.186. The first kappa shape index (κ1) is 16.6. The van der Waals surface area contributed by atoms with E-state index in [2.05, 4.69) is 19.8 Å². The minimum atomic E-state index is -0.564. The number of ketones is 1. The number of benzene rings is 1. The summed E-state index contributed by atoms with van der Waals surface area (Å²) in [6.45, 7) is 6.22. The van der Waals surface area contributed by atoms with Crippen molar-refractivity contribution in [1.82, 2.24) is 19.8 Å². The van der Waals surface area contributed by atoms with Gasteiger partial charge in [-0.2, -0.15) is 0 Å². The molecule has 6 rings (SSSR count). The molecule has 2 unspecified atom stereocenters. The van der Waals surface area contributed by atoms with Crippen molar-refractivity contribution in [3.05, 3.63) is 68.0 Å². The number of carbonyl (C=O) groups excluding carboxylic acids is 1. The first-order valence-electron chi connectivity index (χ1n) is 9.26. The maximum absolute atomic E-state index is 13.5. The third kappa shape index (κ3) is 2.12. The number of H-pyrrole nitrogens is 2. The number of nitrogens with zero attached hydrogens (tertiary/aromatic N) is 2. The van der Waals surface area contributed by atoms with E-state index in [-0.39, 0.29) is 11.7 Å². The number of aromatic amines is 2. The minimum Gasteiger partial charge on any atom is -0.311 e. The Bertz CT molecular complexity index is 1040. The average molecular weight is 366 g/mol. The molecule has 140 valence electrons. The molecule has 4 fully saturated rings. The number of aryl methyl sites for hydroxylation is 1. The van der Waals surface area contributed by atoms with E-state index < -0.39 is 16.5 Å². The fourth-order valence-electron chi connectivity index (χ4n) is 5.60. The SMILES string of the molecule is Cc1[nH]c(=O)[nH]c(=O)c1C1N2CC3(C)CN1CC(c1ccccc1)(C2)C3=O. The highest BCUT2D eigenvalue weighted by Crippen LogP contribution is 2.52. The van der Waals surface area contributed by atoms with Gasteiger partial charge >= 0.3 is 5.69 Å². The van der Waals surface area contributed by atoms with Gasteiger partial charge in [-0.25, -0.2) is 4.79 Å². The maximum Gasteiger partial charge on any atom is 0.325 e. The highest BCUT2D eigenvalue weighted by molar-refractivity contribution is 5.97. The molecule has 4 aliphatic rings. The number of Topliss-reactive ketones (excluding diaryl/α,β-unsaturated/α-hetero) is 1. The van der Waals surface area contributed by atoms with E-state index in [9.17, 15) is 14.4 Å². The molecule has 4 bridgehead atoms. The Balaban J connectivity index is 1.65. The Morgan fingerprint density at radius 2 is 1.59 bits per heavy atom. The number of hydrogen-bond donors (Lipinski definition) is 2. The lowest BCUT2D eigenvalue weighted by Crippen LogP contribution is -2.78. The smallest absolute Gasteiger partial charge is 0.311 e. The van der Waals surface area contributed by atoms with Crippen molar-refractivity contribution in [2.75, 3.05) is 26.2 Å². The maximum atomic E-state index is 13.5. The summed E-state index contributed by atoms with van der Waals surface area (Å²) in [7, 11) is 0. The zero-order valence-electron chi connectivity index (χ0n) is 15.4. The largest absolute Gasteiger partial charge is 0.325 e. The second-order valence-electron chi connectivity index (χ2n) is 8.47. The van der Waals surface area contributed by atoms with Gasteiger partial charge in [0.25, 0.3) is 5.56 Å². The third-order valence-electron chi connectivity index (χ3n) is 6.49. The Hall–Kier alpha value is -2.51. The second-order valence-corrected chi connectivity index (χ2v) is 8.47. The molecule has 0 spiro atoms. The summed E-state index contributed by atoms with van der Waals surface area (Å²) < 4.78 is 0. The van der Waals surface area contributed by atoms with Crippen molar-refractivity contribution in [3.63, 3.8) is 0 Å². The van der Waals surface area contributed by atoms with Crippen molar-refractivity contribution in [2.24, 2.45) is 5.41 Å². The van der Waals surface area contributed by atoms with Crippen LogP contribution in [0.4, 0.5) is 0 Å². The second kappa shape index (κ2) is 5.27. The molecule has 7 nitrogen and oxygen atoms in total. The molecule has 1 aromatic carbocycles. The van der Waals surface area contributed by atoms with Crippen molar-refractivity contribution in [1.29, 1.82) is 0 Å². The Labute approximate surface area is 156 Å². The summed E-state index contributed by atoms with van der Waals surface area (Å²) >= 11 is 0. The molecule has 4 aliphatic heterocycles. The fraction of sp³-hybridized carbons (Fsp3) is 0.450. The quantitative estimate of drug-likeness (QED) is 0.809. The first-order chi connectivity index (χ1) is 12.8. The van der Waals surface area contributed by atoms with Crippen LogP contribution in [0.1, 0.15) is 29.9 Å². The van der Waals surface area contributed by atoms with Gasteiger partial charge in [-0.3, -0.25) is 24.4 Å².